The first kappa shape index (κ1) is 16.2. The third-order valence-electron chi connectivity index (χ3n) is 4.44. The zero-order chi connectivity index (χ0) is 14.3. The van der Waals surface area contributed by atoms with E-state index >= 15 is 0 Å². The lowest BCUT2D eigenvalue weighted by molar-refractivity contribution is 0.00769. The molecule has 1 saturated carbocycles. The van der Waals surface area contributed by atoms with Gasteiger partial charge in [0.1, 0.15) is 0 Å². The van der Waals surface area contributed by atoms with Gasteiger partial charge in [0, 0.05) is 32.7 Å². The Morgan fingerprint density at radius 2 is 1.75 bits per heavy atom. The number of hydrogen-bond acceptors (Lipinski definition) is 5. The quantitative estimate of drug-likeness (QED) is 0.615. The molecule has 5 nitrogen and oxygen atoms in total. The summed E-state index contributed by atoms with van der Waals surface area (Å²) in [7, 11) is 0. The molecule has 0 aromatic heterocycles. The standard InChI is InChI=1S/C15H30N2O3/c18-14(12-17-7-9-20-10-8-17)11-16-13-15(19)5-3-1-2-4-6-15/h14,16,18-19H,1-13H2. The number of aliphatic hydroxyl groups is 2. The molecule has 0 bridgehead atoms. The fourth-order valence-corrected chi connectivity index (χ4v) is 3.18. The molecule has 0 aromatic rings. The molecule has 0 amide bonds. The van der Waals surface area contributed by atoms with Crippen LogP contribution < -0.4 is 5.32 Å². The zero-order valence-corrected chi connectivity index (χ0v) is 12.5. The van der Waals surface area contributed by atoms with E-state index in [-0.39, 0.29) is 6.10 Å². The average molecular weight is 286 g/mol. The van der Waals surface area contributed by atoms with Crippen LogP contribution in [0.25, 0.3) is 0 Å². The van der Waals surface area contributed by atoms with Gasteiger partial charge in [-0.1, -0.05) is 25.7 Å². The first-order chi connectivity index (χ1) is 9.68. The van der Waals surface area contributed by atoms with Crippen LogP contribution in [0, 0.1) is 0 Å². The van der Waals surface area contributed by atoms with Gasteiger partial charge in [-0.2, -0.15) is 0 Å². The maximum absolute atomic E-state index is 10.5. The number of ether oxygens (including phenoxy) is 1. The number of hydrogen-bond donors (Lipinski definition) is 3. The Bertz CT molecular complexity index is 262. The Morgan fingerprint density at radius 1 is 1.10 bits per heavy atom. The molecule has 1 atom stereocenters. The summed E-state index contributed by atoms with van der Waals surface area (Å²) in [5.41, 5.74) is -0.560. The van der Waals surface area contributed by atoms with Gasteiger partial charge in [0.05, 0.1) is 24.9 Å². The average Bonchev–Trinajstić information content (AvgIpc) is 2.65. The van der Waals surface area contributed by atoms with Crippen molar-refractivity contribution in [3.8, 4) is 0 Å². The van der Waals surface area contributed by atoms with Gasteiger partial charge in [-0.3, -0.25) is 4.90 Å². The molecule has 2 aliphatic rings. The summed E-state index contributed by atoms with van der Waals surface area (Å²) >= 11 is 0. The fourth-order valence-electron chi connectivity index (χ4n) is 3.18. The molecular formula is C15H30N2O3. The molecule has 1 aliphatic carbocycles. The van der Waals surface area contributed by atoms with Crippen molar-refractivity contribution in [2.24, 2.45) is 0 Å². The van der Waals surface area contributed by atoms with Crippen molar-refractivity contribution in [1.82, 2.24) is 10.2 Å². The molecule has 5 heteroatoms. The highest BCUT2D eigenvalue weighted by Gasteiger charge is 2.27. The largest absolute Gasteiger partial charge is 0.390 e. The third-order valence-corrected chi connectivity index (χ3v) is 4.44. The van der Waals surface area contributed by atoms with Gasteiger partial charge in [0.2, 0.25) is 0 Å². The van der Waals surface area contributed by atoms with E-state index in [1.54, 1.807) is 0 Å². The minimum atomic E-state index is -0.560. The van der Waals surface area contributed by atoms with E-state index in [1.807, 2.05) is 0 Å². The van der Waals surface area contributed by atoms with Crippen LogP contribution in [0.15, 0.2) is 0 Å². The molecule has 20 heavy (non-hydrogen) atoms. The van der Waals surface area contributed by atoms with Crippen molar-refractivity contribution in [2.75, 3.05) is 45.9 Å². The number of nitrogens with one attached hydrogen (secondary N) is 1. The predicted molar refractivity (Wildman–Crippen MR) is 78.8 cm³/mol. The Hall–Kier alpha value is -0.200. The molecule has 1 heterocycles. The smallest absolute Gasteiger partial charge is 0.0791 e. The first-order valence-electron chi connectivity index (χ1n) is 8.09. The summed E-state index contributed by atoms with van der Waals surface area (Å²) in [6.07, 6.45) is 6.12. The lowest BCUT2D eigenvalue weighted by Crippen LogP contribution is -2.46. The van der Waals surface area contributed by atoms with Crippen LogP contribution in [0.2, 0.25) is 0 Å². The van der Waals surface area contributed by atoms with Crippen LogP contribution in [0.1, 0.15) is 38.5 Å². The molecular weight excluding hydrogens is 256 g/mol. The van der Waals surface area contributed by atoms with E-state index in [4.69, 9.17) is 4.74 Å². The van der Waals surface area contributed by atoms with Crippen molar-refractivity contribution in [3.05, 3.63) is 0 Å². The highest BCUT2D eigenvalue weighted by Crippen LogP contribution is 2.26. The first-order valence-corrected chi connectivity index (χ1v) is 8.09. The van der Waals surface area contributed by atoms with E-state index in [2.05, 4.69) is 10.2 Å². The monoisotopic (exact) mass is 286 g/mol. The lowest BCUT2D eigenvalue weighted by atomic mass is 9.94. The molecule has 1 unspecified atom stereocenters. The lowest BCUT2D eigenvalue weighted by Gasteiger charge is -2.30. The van der Waals surface area contributed by atoms with Gasteiger partial charge in [-0.05, 0) is 12.8 Å². The Labute approximate surface area is 122 Å². The summed E-state index contributed by atoms with van der Waals surface area (Å²) in [4.78, 5) is 2.23. The molecule has 2 fully saturated rings. The van der Waals surface area contributed by atoms with Gasteiger partial charge in [-0.25, -0.2) is 0 Å². The van der Waals surface area contributed by atoms with Crippen LogP contribution in [-0.4, -0.2) is 72.8 Å². The topological polar surface area (TPSA) is 65.0 Å². The van der Waals surface area contributed by atoms with Gasteiger partial charge in [0.25, 0.3) is 0 Å². The fraction of sp³-hybridized carbons (Fsp3) is 1.00. The predicted octanol–water partition coefficient (Wildman–Crippen LogP) is 0.354. The Balaban J connectivity index is 1.61. The number of aliphatic hydroxyl groups excluding tert-OH is 1. The second-order valence-electron chi connectivity index (χ2n) is 6.34. The number of rotatable bonds is 6. The van der Waals surface area contributed by atoms with Gasteiger partial charge >= 0.3 is 0 Å². The van der Waals surface area contributed by atoms with E-state index in [0.717, 1.165) is 52.0 Å². The second kappa shape index (κ2) is 8.29. The number of morpholine rings is 1. The van der Waals surface area contributed by atoms with Crippen LogP contribution in [-0.2, 0) is 4.74 Å². The summed E-state index contributed by atoms with van der Waals surface area (Å²) in [6.45, 7) is 5.18. The van der Waals surface area contributed by atoms with E-state index < -0.39 is 5.60 Å². The Kier molecular flexibility index (Phi) is 6.71. The minimum Gasteiger partial charge on any atom is -0.390 e. The van der Waals surface area contributed by atoms with Gasteiger partial charge < -0.3 is 20.3 Å². The second-order valence-corrected chi connectivity index (χ2v) is 6.34. The number of β-amino-alcohol motifs (C(OH)–C–C–N with tert-alkyl or cyclic N) is 1. The summed E-state index contributed by atoms with van der Waals surface area (Å²) in [6, 6.07) is 0. The number of nitrogens with zero attached hydrogens (tertiary/aromatic N) is 1. The summed E-state index contributed by atoms with van der Waals surface area (Å²) < 4.78 is 5.29. The SMILES string of the molecule is OC(CNCC1(O)CCCCCC1)CN1CCOCC1. The normalized spacial score (nSPS) is 26.1. The van der Waals surface area contributed by atoms with E-state index in [1.165, 1.54) is 12.8 Å². The van der Waals surface area contributed by atoms with Crippen molar-refractivity contribution in [1.29, 1.82) is 0 Å². The maximum atomic E-state index is 10.5. The van der Waals surface area contributed by atoms with Crippen molar-refractivity contribution >= 4 is 0 Å². The summed E-state index contributed by atoms with van der Waals surface area (Å²) in [5, 5.41) is 23.8. The summed E-state index contributed by atoms with van der Waals surface area (Å²) in [5.74, 6) is 0. The highest BCUT2D eigenvalue weighted by molar-refractivity contribution is 4.83. The van der Waals surface area contributed by atoms with Crippen molar-refractivity contribution < 1.29 is 14.9 Å². The van der Waals surface area contributed by atoms with Crippen LogP contribution in [0.4, 0.5) is 0 Å². The molecule has 1 aliphatic heterocycles. The molecule has 0 radical (unpaired) electrons. The molecule has 1 saturated heterocycles. The Morgan fingerprint density at radius 3 is 2.40 bits per heavy atom. The van der Waals surface area contributed by atoms with Crippen LogP contribution in [0.5, 0.6) is 0 Å². The molecule has 2 rings (SSSR count). The highest BCUT2D eigenvalue weighted by atomic mass is 16.5. The van der Waals surface area contributed by atoms with Gasteiger partial charge in [-0.15, -0.1) is 0 Å². The van der Waals surface area contributed by atoms with Gasteiger partial charge in [0.15, 0.2) is 0 Å². The minimum absolute atomic E-state index is 0.373. The van der Waals surface area contributed by atoms with Crippen molar-refractivity contribution in [2.45, 2.75) is 50.2 Å². The molecule has 118 valence electrons. The zero-order valence-electron chi connectivity index (χ0n) is 12.5. The molecule has 3 N–H and O–H groups in total. The third kappa shape index (κ3) is 5.66. The van der Waals surface area contributed by atoms with Crippen LogP contribution in [0.3, 0.4) is 0 Å². The van der Waals surface area contributed by atoms with Crippen LogP contribution >= 0.6 is 0 Å². The molecule has 0 spiro atoms. The van der Waals surface area contributed by atoms with E-state index in [0.29, 0.717) is 19.6 Å². The van der Waals surface area contributed by atoms with Crippen molar-refractivity contribution in [3.63, 3.8) is 0 Å². The maximum Gasteiger partial charge on any atom is 0.0791 e. The van der Waals surface area contributed by atoms with E-state index in [9.17, 15) is 10.2 Å². The molecule has 0 aromatic carbocycles.